The van der Waals surface area contributed by atoms with E-state index in [9.17, 15) is 9.59 Å². The summed E-state index contributed by atoms with van der Waals surface area (Å²) in [5.74, 6) is -0.443. The minimum absolute atomic E-state index is 0.0193. The van der Waals surface area contributed by atoms with E-state index in [0.717, 1.165) is 17.7 Å². The Morgan fingerprint density at radius 3 is 2.64 bits per heavy atom. The maximum Gasteiger partial charge on any atom is 0.325 e. The van der Waals surface area contributed by atoms with Crippen LogP contribution >= 0.6 is 11.6 Å². The average molecular weight is 406 g/mol. The van der Waals surface area contributed by atoms with E-state index in [1.807, 2.05) is 56.4 Å². The Bertz CT molecular complexity index is 791. The van der Waals surface area contributed by atoms with Gasteiger partial charge in [-0.2, -0.15) is 0 Å². The van der Waals surface area contributed by atoms with Gasteiger partial charge in [-0.25, -0.2) is 4.79 Å². The maximum absolute atomic E-state index is 12.7. The standard InChI is InChI=1S/C21H28ClN3O3/c1-4-16(3)25(21(27)23-13-20(26)28-5-2)15-18-10-8-12-24(18)14-17-9-6-7-11-19(17)22/h6-12,16H,4-5,13-15H2,1-3H3,(H,23,27)/t16-/m1/s1. The lowest BCUT2D eigenvalue weighted by Gasteiger charge is -2.29. The van der Waals surface area contributed by atoms with Gasteiger partial charge in [0.15, 0.2) is 0 Å². The van der Waals surface area contributed by atoms with Gasteiger partial charge in [0.1, 0.15) is 6.54 Å². The first-order valence-corrected chi connectivity index (χ1v) is 9.91. The minimum atomic E-state index is -0.443. The summed E-state index contributed by atoms with van der Waals surface area (Å²) in [6.07, 6.45) is 2.78. The van der Waals surface area contributed by atoms with Crippen molar-refractivity contribution in [3.63, 3.8) is 0 Å². The van der Waals surface area contributed by atoms with Crippen LogP contribution in [0.1, 0.15) is 38.4 Å². The molecule has 0 aliphatic carbocycles. The molecule has 1 aromatic carbocycles. The molecule has 0 aliphatic heterocycles. The van der Waals surface area contributed by atoms with Gasteiger partial charge in [-0.1, -0.05) is 36.7 Å². The summed E-state index contributed by atoms with van der Waals surface area (Å²) in [6.45, 7) is 6.96. The van der Waals surface area contributed by atoms with Crippen molar-refractivity contribution in [3.8, 4) is 0 Å². The Morgan fingerprint density at radius 1 is 1.21 bits per heavy atom. The van der Waals surface area contributed by atoms with Crippen molar-refractivity contribution < 1.29 is 14.3 Å². The smallest absolute Gasteiger partial charge is 0.325 e. The molecular weight excluding hydrogens is 378 g/mol. The Hall–Kier alpha value is -2.47. The molecule has 1 aromatic heterocycles. The number of amides is 2. The molecule has 0 bridgehead atoms. The Kier molecular flexibility index (Phi) is 8.39. The van der Waals surface area contributed by atoms with Crippen molar-refractivity contribution in [2.24, 2.45) is 0 Å². The van der Waals surface area contributed by atoms with Crippen LogP contribution in [0.3, 0.4) is 0 Å². The predicted molar refractivity (Wildman–Crippen MR) is 110 cm³/mol. The molecule has 0 saturated carbocycles. The Balaban J connectivity index is 2.11. The highest BCUT2D eigenvalue weighted by atomic mass is 35.5. The number of nitrogens with one attached hydrogen (secondary N) is 1. The fourth-order valence-electron chi connectivity index (χ4n) is 2.84. The normalized spacial score (nSPS) is 11.7. The van der Waals surface area contributed by atoms with Crippen LogP contribution in [-0.2, 0) is 22.6 Å². The van der Waals surface area contributed by atoms with Gasteiger partial charge in [-0.15, -0.1) is 0 Å². The molecule has 6 nitrogen and oxygen atoms in total. The van der Waals surface area contributed by atoms with E-state index in [1.165, 1.54) is 0 Å². The lowest BCUT2D eigenvalue weighted by atomic mass is 10.2. The molecular formula is C21H28ClN3O3. The van der Waals surface area contributed by atoms with E-state index in [2.05, 4.69) is 9.88 Å². The van der Waals surface area contributed by atoms with Gasteiger partial charge in [0.05, 0.1) is 13.2 Å². The molecule has 2 rings (SSSR count). The predicted octanol–water partition coefficient (Wildman–Crippen LogP) is 4.06. The molecule has 0 spiro atoms. The second-order valence-corrected chi connectivity index (χ2v) is 6.97. The fraction of sp³-hybridized carbons (Fsp3) is 0.429. The molecule has 28 heavy (non-hydrogen) atoms. The maximum atomic E-state index is 12.7. The van der Waals surface area contributed by atoms with Gasteiger partial charge in [0, 0.05) is 29.5 Å². The summed E-state index contributed by atoms with van der Waals surface area (Å²) < 4.78 is 6.95. The van der Waals surface area contributed by atoms with Gasteiger partial charge in [-0.05, 0) is 44.0 Å². The van der Waals surface area contributed by atoms with Crippen molar-refractivity contribution in [1.29, 1.82) is 0 Å². The molecule has 2 aromatic rings. The van der Waals surface area contributed by atoms with Crippen molar-refractivity contribution >= 4 is 23.6 Å². The minimum Gasteiger partial charge on any atom is -0.465 e. The lowest BCUT2D eigenvalue weighted by molar-refractivity contribution is -0.141. The van der Waals surface area contributed by atoms with Crippen molar-refractivity contribution in [2.45, 2.75) is 46.3 Å². The van der Waals surface area contributed by atoms with E-state index in [1.54, 1.807) is 11.8 Å². The highest BCUT2D eigenvalue weighted by Gasteiger charge is 2.21. The summed E-state index contributed by atoms with van der Waals surface area (Å²) in [5.41, 5.74) is 2.01. The highest BCUT2D eigenvalue weighted by molar-refractivity contribution is 6.31. The first kappa shape index (κ1) is 21.8. The molecule has 7 heteroatoms. The van der Waals surface area contributed by atoms with Gasteiger partial charge < -0.3 is 19.5 Å². The van der Waals surface area contributed by atoms with Crippen molar-refractivity contribution in [1.82, 2.24) is 14.8 Å². The topological polar surface area (TPSA) is 63.6 Å². The number of carbonyl (C=O) groups excluding carboxylic acids is 2. The molecule has 0 fully saturated rings. The number of benzene rings is 1. The summed E-state index contributed by atoms with van der Waals surface area (Å²) in [4.78, 5) is 26.0. The highest BCUT2D eigenvalue weighted by Crippen LogP contribution is 2.19. The van der Waals surface area contributed by atoms with E-state index in [4.69, 9.17) is 16.3 Å². The third kappa shape index (κ3) is 6.02. The number of esters is 1. The second kappa shape index (κ2) is 10.8. The Labute approximate surface area is 171 Å². The monoisotopic (exact) mass is 405 g/mol. The largest absolute Gasteiger partial charge is 0.465 e. The summed E-state index contributed by atoms with van der Waals surface area (Å²) in [7, 11) is 0. The van der Waals surface area contributed by atoms with Crippen LogP contribution in [0.4, 0.5) is 4.79 Å². The number of hydrogen-bond donors (Lipinski definition) is 1. The number of urea groups is 1. The van der Waals surface area contributed by atoms with Crippen molar-refractivity contribution in [3.05, 3.63) is 58.9 Å². The molecule has 1 N–H and O–H groups in total. The zero-order valence-electron chi connectivity index (χ0n) is 16.7. The number of carbonyl (C=O) groups is 2. The zero-order valence-corrected chi connectivity index (χ0v) is 17.4. The first-order valence-electron chi connectivity index (χ1n) is 9.53. The zero-order chi connectivity index (χ0) is 20.5. The van der Waals surface area contributed by atoms with Crippen LogP contribution in [0.15, 0.2) is 42.6 Å². The number of nitrogens with zero attached hydrogens (tertiary/aromatic N) is 2. The average Bonchev–Trinajstić information content (AvgIpc) is 3.12. The van der Waals surface area contributed by atoms with Crippen LogP contribution in [0.5, 0.6) is 0 Å². The molecule has 1 atom stereocenters. The molecule has 1 heterocycles. The lowest BCUT2D eigenvalue weighted by Crippen LogP contribution is -2.46. The van der Waals surface area contributed by atoms with E-state index < -0.39 is 5.97 Å². The van der Waals surface area contributed by atoms with Gasteiger partial charge in [0.2, 0.25) is 0 Å². The molecule has 2 amide bonds. The molecule has 0 radical (unpaired) electrons. The van der Waals surface area contributed by atoms with Crippen molar-refractivity contribution in [2.75, 3.05) is 13.2 Å². The quantitative estimate of drug-likeness (QED) is 0.640. The molecule has 152 valence electrons. The third-order valence-corrected chi connectivity index (χ3v) is 5.00. The number of halogens is 1. The number of hydrogen-bond acceptors (Lipinski definition) is 3. The number of rotatable bonds is 9. The molecule has 0 saturated heterocycles. The van der Waals surface area contributed by atoms with Crippen LogP contribution in [-0.4, -0.2) is 40.7 Å². The SMILES string of the molecule is CCOC(=O)CNC(=O)N(Cc1cccn1Cc1ccccc1Cl)[C@H](C)CC. The van der Waals surface area contributed by atoms with E-state index in [0.29, 0.717) is 24.7 Å². The van der Waals surface area contributed by atoms with E-state index >= 15 is 0 Å². The van der Waals surface area contributed by atoms with Gasteiger partial charge >= 0.3 is 12.0 Å². The summed E-state index contributed by atoms with van der Waals surface area (Å²) in [5, 5.41) is 3.37. The summed E-state index contributed by atoms with van der Waals surface area (Å²) >= 11 is 6.29. The van der Waals surface area contributed by atoms with E-state index in [-0.39, 0.29) is 18.6 Å². The molecule has 0 unspecified atom stereocenters. The van der Waals surface area contributed by atoms with Crippen LogP contribution < -0.4 is 5.32 Å². The van der Waals surface area contributed by atoms with Crippen LogP contribution in [0, 0.1) is 0 Å². The summed E-state index contributed by atoms with van der Waals surface area (Å²) in [6, 6.07) is 11.4. The third-order valence-electron chi connectivity index (χ3n) is 4.63. The Morgan fingerprint density at radius 2 is 1.96 bits per heavy atom. The number of ether oxygens (including phenoxy) is 1. The van der Waals surface area contributed by atoms with Gasteiger partial charge in [0.25, 0.3) is 0 Å². The first-order chi connectivity index (χ1) is 13.5. The second-order valence-electron chi connectivity index (χ2n) is 6.57. The van der Waals surface area contributed by atoms with Crippen LogP contribution in [0.2, 0.25) is 5.02 Å². The fourth-order valence-corrected chi connectivity index (χ4v) is 3.04. The number of aromatic nitrogens is 1. The van der Waals surface area contributed by atoms with Gasteiger partial charge in [-0.3, -0.25) is 4.79 Å². The van der Waals surface area contributed by atoms with Crippen LogP contribution in [0.25, 0.3) is 0 Å². The molecule has 0 aliphatic rings.